The zero-order chi connectivity index (χ0) is 13.3. The number of aromatic nitrogens is 2. The van der Waals surface area contributed by atoms with Gasteiger partial charge in [0, 0.05) is 5.02 Å². The minimum absolute atomic E-state index is 0.104. The molecule has 18 heavy (non-hydrogen) atoms. The third kappa shape index (κ3) is 2.47. The van der Waals surface area contributed by atoms with Crippen molar-refractivity contribution < 1.29 is 20.4 Å². The van der Waals surface area contributed by atoms with Gasteiger partial charge in [-0.2, -0.15) is 0 Å². The number of hydrogen-bond donors (Lipinski definition) is 5. The van der Waals surface area contributed by atoms with Crippen LogP contribution in [0.1, 0.15) is 11.9 Å². The number of benzene rings is 1. The Morgan fingerprint density at radius 2 is 2.00 bits per heavy atom. The van der Waals surface area contributed by atoms with Gasteiger partial charge >= 0.3 is 0 Å². The summed E-state index contributed by atoms with van der Waals surface area (Å²) in [4.78, 5) is 6.87. The fraction of sp³-hybridized carbons (Fsp3) is 0.364. The summed E-state index contributed by atoms with van der Waals surface area (Å²) in [5.74, 6) is 0.104. The molecule has 3 atom stereocenters. The summed E-state index contributed by atoms with van der Waals surface area (Å²) in [6.45, 7) is -0.649. The first kappa shape index (κ1) is 13.3. The summed E-state index contributed by atoms with van der Waals surface area (Å²) in [6, 6.07) is 4.95. The lowest BCUT2D eigenvalue weighted by atomic mass is 10.1. The molecule has 0 bridgehead atoms. The third-order valence-electron chi connectivity index (χ3n) is 2.65. The Bertz CT molecular complexity index is 545. The van der Waals surface area contributed by atoms with Gasteiger partial charge in [-0.05, 0) is 18.2 Å². The number of aliphatic hydroxyl groups is 4. The lowest BCUT2D eigenvalue weighted by molar-refractivity contribution is -0.0800. The molecular weight excluding hydrogens is 260 g/mol. The molecule has 98 valence electrons. The van der Waals surface area contributed by atoms with Gasteiger partial charge in [0.2, 0.25) is 0 Å². The zero-order valence-electron chi connectivity index (χ0n) is 9.29. The van der Waals surface area contributed by atoms with Crippen LogP contribution >= 0.6 is 11.6 Å². The number of aromatic amines is 1. The van der Waals surface area contributed by atoms with E-state index in [2.05, 4.69) is 9.97 Å². The smallest absolute Gasteiger partial charge is 0.140 e. The second-order valence-corrected chi connectivity index (χ2v) is 4.41. The summed E-state index contributed by atoms with van der Waals surface area (Å²) in [5.41, 5.74) is 1.20. The molecule has 0 aliphatic carbocycles. The molecule has 0 spiro atoms. The molecule has 1 heterocycles. The Morgan fingerprint density at radius 3 is 2.67 bits per heavy atom. The van der Waals surface area contributed by atoms with Crippen LogP contribution in [-0.4, -0.2) is 49.2 Å². The van der Waals surface area contributed by atoms with E-state index in [1.165, 1.54) is 0 Å². The van der Waals surface area contributed by atoms with Crippen molar-refractivity contribution in [1.82, 2.24) is 9.97 Å². The lowest BCUT2D eigenvalue weighted by Crippen LogP contribution is -2.35. The highest BCUT2D eigenvalue weighted by Crippen LogP contribution is 2.22. The average molecular weight is 273 g/mol. The summed E-state index contributed by atoms with van der Waals surface area (Å²) in [7, 11) is 0. The number of aliphatic hydroxyl groups excluding tert-OH is 4. The Hall–Kier alpha value is -1.18. The molecule has 5 N–H and O–H groups in total. The van der Waals surface area contributed by atoms with Crippen LogP contribution < -0.4 is 0 Å². The van der Waals surface area contributed by atoms with Gasteiger partial charge in [0.1, 0.15) is 24.1 Å². The quantitative estimate of drug-likeness (QED) is 0.537. The first-order valence-electron chi connectivity index (χ1n) is 5.33. The van der Waals surface area contributed by atoms with E-state index in [-0.39, 0.29) is 5.82 Å². The monoisotopic (exact) mass is 272 g/mol. The van der Waals surface area contributed by atoms with Crippen molar-refractivity contribution in [2.45, 2.75) is 18.3 Å². The number of nitrogens with zero attached hydrogens (tertiary/aromatic N) is 1. The van der Waals surface area contributed by atoms with E-state index in [9.17, 15) is 15.3 Å². The van der Waals surface area contributed by atoms with Gasteiger partial charge in [0.05, 0.1) is 17.6 Å². The van der Waals surface area contributed by atoms with Crippen LogP contribution in [0.15, 0.2) is 18.2 Å². The van der Waals surface area contributed by atoms with Gasteiger partial charge in [0.15, 0.2) is 0 Å². The molecule has 0 fully saturated rings. The van der Waals surface area contributed by atoms with Gasteiger partial charge in [0.25, 0.3) is 0 Å². The summed E-state index contributed by atoms with van der Waals surface area (Å²) in [5, 5.41) is 37.9. The molecule has 0 amide bonds. The molecule has 0 radical (unpaired) electrons. The van der Waals surface area contributed by atoms with Crippen LogP contribution in [0.2, 0.25) is 5.02 Å². The molecule has 1 unspecified atom stereocenters. The van der Waals surface area contributed by atoms with Crippen molar-refractivity contribution in [2.75, 3.05) is 6.61 Å². The standard InChI is InChI=1S/C11H13ClN2O4/c12-5-1-2-6-7(3-5)14-11(13-6)10(18)9(17)8(16)4-15/h1-3,8-10,15-18H,4H2,(H,13,14)/t8-,9?,10-/m1/s1. The van der Waals surface area contributed by atoms with E-state index in [0.717, 1.165) is 0 Å². The number of rotatable bonds is 4. The molecule has 0 aliphatic rings. The fourth-order valence-electron chi connectivity index (χ4n) is 1.62. The van der Waals surface area contributed by atoms with Crippen molar-refractivity contribution in [2.24, 2.45) is 0 Å². The number of hydrogen-bond acceptors (Lipinski definition) is 5. The predicted molar refractivity (Wildman–Crippen MR) is 65.2 cm³/mol. The van der Waals surface area contributed by atoms with Crippen LogP contribution in [0.4, 0.5) is 0 Å². The maximum Gasteiger partial charge on any atom is 0.140 e. The number of fused-ring (bicyclic) bond motifs is 1. The molecular formula is C11H13ClN2O4. The molecule has 7 heteroatoms. The van der Waals surface area contributed by atoms with Gasteiger partial charge in [-0.3, -0.25) is 0 Å². The van der Waals surface area contributed by atoms with E-state index < -0.39 is 24.9 Å². The van der Waals surface area contributed by atoms with Crippen LogP contribution in [0.25, 0.3) is 11.0 Å². The van der Waals surface area contributed by atoms with Crippen LogP contribution in [0, 0.1) is 0 Å². The van der Waals surface area contributed by atoms with Crippen LogP contribution in [0.3, 0.4) is 0 Å². The Morgan fingerprint density at radius 1 is 1.28 bits per heavy atom. The summed E-state index contributed by atoms with van der Waals surface area (Å²) in [6.07, 6.45) is -4.37. The predicted octanol–water partition coefficient (Wildman–Crippen LogP) is -0.0362. The maximum absolute atomic E-state index is 9.81. The normalized spacial score (nSPS) is 16.7. The average Bonchev–Trinajstić information content (AvgIpc) is 2.78. The second-order valence-electron chi connectivity index (χ2n) is 3.97. The lowest BCUT2D eigenvalue weighted by Gasteiger charge is -2.19. The highest BCUT2D eigenvalue weighted by atomic mass is 35.5. The second kappa shape index (κ2) is 5.21. The fourth-order valence-corrected chi connectivity index (χ4v) is 1.79. The topological polar surface area (TPSA) is 110 Å². The molecule has 2 aromatic rings. The third-order valence-corrected chi connectivity index (χ3v) is 2.88. The minimum Gasteiger partial charge on any atom is -0.394 e. The number of imidazole rings is 1. The van der Waals surface area contributed by atoms with Crippen molar-refractivity contribution in [3.63, 3.8) is 0 Å². The van der Waals surface area contributed by atoms with Crippen LogP contribution in [-0.2, 0) is 0 Å². The van der Waals surface area contributed by atoms with Crippen molar-refractivity contribution in [1.29, 1.82) is 0 Å². The number of halogens is 1. The summed E-state index contributed by atoms with van der Waals surface area (Å²) >= 11 is 5.81. The first-order chi connectivity index (χ1) is 8.52. The molecule has 0 aliphatic heterocycles. The highest BCUT2D eigenvalue weighted by Gasteiger charge is 2.27. The largest absolute Gasteiger partial charge is 0.394 e. The van der Waals surface area contributed by atoms with E-state index in [4.69, 9.17) is 16.7 Å². The Labute approximate surface area is 107 Å². The minimum atomic E-state index is -1.52. The summed E-state index contributed by atoms with van der Waals surface area (Å²) < 4.78 is 0. The van der Waals surface area contributed by atoms with Gasteiger partial charge in [-0.15, -0.1) is 0 Å². The maximum atomic E-state index is 9.81. The van der Waals surface area contributed by atoms with Crippen molar-refractivity contribution >= 4 is 22.6 Å². The Balaban J connectivity index is 2.30. The molecule has 2 rings (SSSR count). The van der Waals surface area contributed by atoms with E-state index in [1.807, 2.05) is 0 Å². The van der Waals surface area contributed by atoms with E-state index in [1.54, 1.807) is 18.2 Å². The molecule has 0 saturated heterocycles. The number of H-pyrrole nitrogens is 1. The highest BCUT2D eigenvalue weighted by molar-refractivity contribution is 6.31. The molecule has 6 nitrogen and oxygen atoms in total. The SMILES string of the molecule is OC[C@@H](O)C(O)[C@@H](O)c1nc2ccc(Cl)cc2[nH]1. The first-order valence-corrected chi connectivity index (χ1v) is 5.71. The van der Waals surface area contributed by atoms with E-state index >= 15 is 0 Å². The number of nitrogens with one attached hydrogen (secondary N) is 1. The zero-order valence-corrected chi connectivity index (χ0v) is 10.0. The van der Waals surface area contributed by atoms with Gasteiger partial charge in [-0.25, -0.2) is 4.98 Å². The van der Waals surface area contributed by atoms with E-state index in [0.29, 0.717) is 16.1 Å². The van der Waals surface area contributed by atoms with Crippen LogP contribution in [0.5, 0.6) is 0 Å². The van der Waals surface area contributed by atoms with Crippen molar-refractivity contribution in [3.05, 3.63) is 29.0 Å². The molecule has 1 aromatic carbocycles. The van der Waals surface area contributed by atoms with Crippen molar-refractivity contribution in [3.8, 4) is 0 Å². The van der Waals surface area contributed by atoms with Gasteiger partial charge < -0.3 is 25.4 Å². The Kier molecular flexibility index (Phi) is 3.84. The van der Waals surface area contributed by atoms with Gasteiger partial charge in [-0.1, -0.05) is 11.6 Å². The molecule has 1 aromatic heterocycles. The molecule has 0 saturated carbocycles.